The van der Waals surface area contributed by atoms with Gasteiger partial charge in [0.1, 0.15) is 17.8 Å². The zero-order valence-electron chi connectivity index (χ0n) is 17.1. The van der Waals surface area contributed by atoms with Crippen molar-refractivity contribution in [3.8, 4) is 0 Å². The fourth-order valence-electron chi connectivity index (χ4n) is 3.76. The molecule has 0 aliphatic carbocycles. The number of aromatic nitrogens is 3. The molecule has 10 nitrogen and oxygen atoms in total. The Morgan fingerprint density at radius 2 is 2.16 bits per heavy atom. The fourth-order valence-corrected chi connectivity index (χ4v) is 4.56. The van der Waals surface area contributed by atoms with Crippen molar-refractivity contribution in [2.75, 3.05) is 29.9 Å². The largest absolute Gasteiger partial charge is 0.352 e. The number of halogens is 1. The number of nitrogens with one attached hydrogen (secondary N) is 2. The smallest absolute Gasteiger partial charge is 0.320 e. The molecule has 0 spiro atoms. The van der Waals surface area contributed by atoms with Crippen molar-refractivity contribution < 1.29 is 8.42 Å². The number of H-pyrrole nitrogens is 1. The van der Waals surface area contributed by atoms with Gasteiger partial charge in [-0.25, -0.2) is 15.1 Å². The minimum absolute atomic E-state index is 0.0573. The first-order valence-corrected chi connectivity index (χ1v) is 12.0. The lowest BCUT2D eigenvalue weighted by Gasteiger charge is -2.41. The molecule has 1 aliphatic heterocycles. The molecule has 164 valence electrons. The van der Waals surface area contributed by atoms with Gasteiger partial charge in [-0.3, -0.25) is 0 Å². The summed E-state index contributed by atoms with van der Waals surface area (Å²) in [4.78, 5) is 16.1. The molecule has 1 fully saturated rings. The number of nitrogens with zero attached hydrogens (tertiary/aromatic N) is 5. The highest BCUT2D eigenvalue weighted by molar-refractivity contribution is 9.10. The summed E-state index contributed by atoms with van der Waals surface area (Å²) >= 11 is 3.42. The predicted molar refractivity (Wildman–Crippen MR) is 125 cm³/mol. The maximum absolute atomic E-state index is 11.8. The number of guanidine groups is 1. The quantitative estimate of drug-likeness (QED) is 0.366. The van der Waals surface area contributed by atoms with Crippen LogP contribution in [0, 0.1) is 6.92 Å². The van der Waals surface area contributed by atoms with Crippen LogP contribution in [0.2, 0.25) is 0 Å². The molecule has 1 aliphatic rings. The highest BCUT2D eigenvalue weighted by atomic mass is 79.9. The molecule has 31 heavy (non-hydrogen) atoms. The van der Waals surface area contributed by atoms with Crippen LogP contribution in [0.5, 0.6) is 0 Å². The Hall–Kier alpha value is -2.70. The molecule has 0 bridgehead atoms. The summed E-state index contributed by atoms with van der Waals surface area (Å²) in [6.07, 6.45) is 3.47. The maximum atomic E-state index is 11.8. The molecule has 4 N–H and O–H groups in total. The summed E-state index contributed by atoms with van der Waals surface area (Å²) in [5, 5.41) is 9.33. The molecule has 1 aromatic carbocycles. The van der Waals surface area contributed by atoms with Gasteiger partial charge in [0, 0.05) is 42.0 Å². The van der Waals surface area contributed by atoms with Gasteiger partial charge >= 0.3 is 10.2 Å². The average molecular weight is 507 g/mol. The minimum Gasteiger partial charge on any atom is -0.352 e. The second kappa shape index (κ2) is 8.44. The van der Waals surface area contributed by atoms with Gasteiger partial charge in [-0.15, -0.1) is 4.40 Å². The van der Waals surface area contributed by atoms with E-state index >= 15 is 0 Å². The number of hydrogen-bond donors (Lipinski definition) is 3. The summed E-state index contributed by atoms with van der Waals surface area (Å²) in [5.41, 5.74) is 2.57. The molecular weight excluding hydrogens is 484 g/mol. The normalized spacial score (nSPS) is 17.9. The van der Waals surface area contributed by atoms with Crippen LogP contribution in [-0.2, 0) is 10.2 Å². The molecule has 0 unspecified atom stereocenters. The van der Waals surface area contributed by atoms with Gasteiger partial charge in [0.25, 0.3) is 0 Å². The topological polar surface area (TPSA) is 133 Å². The van der Waals surface area contributed by atoms with Gasteiger partial charge in [-0.1, -0.05) is 22.0 Å². The second-order valence-electron chi connectivity index (χ2n) is 7.45. The number of aromatic amines is 1. The predicted octanol–water partition coefficient (Wildman–Crippen LogP) is 2.21. The minimum atomic E-state index is -4.09. The third-order valence-electron chi connectivity index (χ3n) is 5.14. The maximum Gasteiger partial charge on any atom is 0.320 e. The highest BCUT2D eigenvalue weighted by Crippen LogP contribution is 2.28. The van der Waals surface area contributed by atoms with Crippen molar-refractivity contribution in [3.63, 3.8) is 0 Å². The molecular formula is C19H23BrN8O2S. The van der Waals surface area contributed by atoms with Gasteiger partial charge < -0.3 is 20.1 Å². The Balaban J connectivity index is 1.60. The number of hydrogen-bond acceptors (Lipinski definition) is 5. The molecule has 4 rings (SSSR count). The molecule has 12 heteroatoms. The Labute approximate surface area is 188 Å². The van der Waals surface area contributed by atoms with Gasteiger partial charge in [0.15, 0.2) is 0 Å². The summed E-state index contributed by atoms with van der Waals surface area (Å²) in [6.45, 7) is 5.82. The fraction of sp³-hybridized carbons (Fsp3) is 0.316. The number of rotatable bonds is 3. The van der Waals surface area contributed by atoms with Crippen LogP contribution in [0.4, 0.5) is 11.5 Å². The lowest BCUT2D eigenvalue weighted by molar-refractivity contribution is 0.297. The second-order valence-corrected chi connectivity index (χ2v) is 9.57. The average Bonchev–Trinajstić information content (AvgIpc) is 3.08. The molecule has 1 saturated heterocycles. The van der Waals surface area contributed by atoms with Crippen molar-refractivity contribution in [3.05, 3.63) is 46.8 Å². The third kappa shape index (κ3) is 4.81. The van der Waals surface area contributed by atoms with E-state index in [9.17, 15) is 8.42 Å². The van der Waals surface area contributed by atoms with Crippen LogP contribution in [-0.4, -0.2) is 59.9 Å². The number of aryl methyl sites for hydroxylation is 1. The standard InChI is InChI=1S/C19H23BrN8O2S/c1-12-9-22-17-16(12)18(24-11-23-17)27-6-7-28(13(2)10-27)19(26-31(21,29)30)25-15-5-3-4-14(20)8-15/h3-5,8-9,11,13H,6-7,10H2,1-2H3,(H,25,26)(H2,21,29,30)(H,22,23,24)/t13-/m0/s1. The zero-order chi connectivity index (χ0) is 22.2. The Kier molecular flexibility index (Phi) is 5.86. The number of anilines is 2. The van der Waals surface area contributed by atoms with E-state index in [0.717, 1.165) is 26.9 Å². The summed E-state index contributed by atoms with van der Waals surface area (Å²) in [5.74, 6) is 1.05. The number of nitrogens with two attached hydrogens (primary N) is 1. The molecule has 3 aromatic rings. The van der Waals surface area contributed by atoms with E-state index in [1.807, 2.05) is 49.2 Å². The van der Waals surface area contributed by atoms with E-state index in [1.165, 1.54) is 0 Å². The molecule has 1 atom stereocenters. The van der Waals surface area contributed by atoms with E-state index in [1.54, 1.807) is 6.33 Å². The van der Waals surface area contributed by atoms with Crippen LogP contribution >= 0.6 is 15.9 Å². The van der Waals surface area contributed by atoms with Gasteiger partial charge in [0.2, 0.25) is 5.96 Å². The first-order valence-electron chi connectivity index (χ1n) is 9.67. The molecule has 0 amide bonds. The highest BCUT2D eigenvalue weighted by Gasteiger charge is 2.29. The van der Waals surface area contributed by atoms with Gasteiger partial charge in [-0.05, 0) is 37.6 Å². The van der Waals surface area contributed by atoms with Gasteiger partial charge in [-0.2, -0.15) is 8.42 Å². The summed E-state index contributed by atoms with van der Waals surface area (Å²) in [6, 6.07) is 7.34. The van der Waals surface area contributed by atoms with E-state index < -0.39 is 10.2 Å². The van der Waals surface area contributed by atoms with Crippen molar-refractivity contribution in [2.45, 2.75) is 19.9 Å². The first kappa shape index (κ1) is 21.5. The summed E-state index contributed by atoms with van der Waals surface area (Å²) in [7, 11) is -4.09. The van der Waals surface area contributed by atoms with Crippen molar-refractivity contribution in [1.82, 2.24) is 19.9 Å². The van der Waals surface area contributed by atoms with Crippen molar-refractivity contribution in [2.24, 2.45) is 9.54 Å². The number of piperazine rings is 1. The van der Waals surface area contributed by atoms with E-state index in [0.29, 0.717) is 25.3 Å². The van der Waals surface area contributed by atoms with Gasteiger partial charge in [0.05, 0.1) is 5.39 Å². The van der Waals surface area contributed by atoms with Crippen LogP contribution in [0.3, 0.4) is 0 Å². The Morgan fingerprint density at radius 3 is 2.87 bits per heavy atom. The zero-order valence-corrected chi connectivity index (χ0v) is 19.5. The monoisotopic (exact) mass is 506 g/mol. The van der Waals surface area contributed by atoms with Crippen molar-refractivity contribution in [1.29, 1.82) is 0 Å². The van der Waals surface area contributed by atoms with Crippen LogP contribution in [0.25, 0.3) is 11.0 Å². The first-order chi connectivity index (χ1) is 14.7. The summed E-state index contributed by atoms with van der Waals surface area (Å²) < 4.78 is 28.2. The third-order valence-corrected chi connectivity index (χ3v) is 6.06. The molecule has 0 saturated carbocycles. The number of fused-ring (bicyclic) bond motifs is 1. The lowest BCUT2D eigenvalue weighted by atomic mass is 10.1. The van der Waals surface area contributed by atoms with Crippen molar-refractivity contribution >= 4 is 54.6 Å². The Morgan fingerprint density at radius 1 is 1.35 bits per heavy atom. The number of benzene rings is 1. The molecule has 0 radical (unpaired) electrons. The lowest BCUT2D eigenvalue weighted by Crippen LogP contribution is -2.56. The molecule has 2 aromatic heterocycles. The van der Waals surface area contributed by atoms with E-state index in [-0.39, 0.29) is 12.0 Å². The van der Waals surface area contributed by atoms with E-state index in [2.05, 4.69) is 45.5 Å². The van der Waals surface area contributed by atoms with Crippen LogP contribution in [0.15, 0.2) is 45.7 Å². The Bertz CT molecular complexity index is 1240. The molecule has 3 heterocycles. The van der Waals surface area contributed by atoms with E-state index in [4.69, 9.17) is 5.14 Å². The SMILES string of the molecule is Cc1c[nH]c2ncnc(N3CCN(/C(=N/S(N)(=O)=O)Nc4cccc(Br)c4)[C@@H](C)C3)c12. The van der Waals surface area contributed by atoms with Crippen LogP contribution in [0.1, 0.15) is 12.5 Å². The van der Waals surface area contributed by atoms with Crippen LogP contribution < -0.4 is 15.4 Å².